The number of para-hydroxylation sites is 1. The number of carbonyl (C=O) groups is 1. The molecule has 0 amide bonds. The number of fused-ring (bicyclic) bond motifs is 2. The van der Waals surface area contributed by atoms with E-state index in [0.29, 0.717) is 0 Å². The van der Waals surface area contributed by atoms with Gasteiger partial charge in [0, 0.05) is 11.1 Å². The molecule has 1 aliphatic rings. The number of carbonyl (C=O) groups excluding carboxylic acids is 1. The summed E-state index contributed by atoms with van der Waals surface area (Å²) in [7, 11) is 0. The van der Waals surface area contributed by atoms with Crippen molar-refractivity contribution in [3.8, 4) is 0 Å². The van der Waals surface area contributed by atoms with Crippen LogP contribution < -0.4 is 0 Å². The highest BCUT2D eigenvalue weighted by Crippen LogP contribution is 2.31. The van der Waals surface area contributed by atoms with Crippen molar-refractivity contribution in [2.75, 3.05) is 0 Å². The van der Waals surface area contributed by atoms with E-state index in [-0.39, 0.29) is 5.78 Å². The predicted molar refractivity (Wildman–Crippen MR) is 96.0 cm³/mol. The van der Waals surface area contributed by atoms with E-state index in [0.717, 1.165) is 39.1 Å². The zero-order valence-electron chi connectivity index (χ0n) is 14.3. The molecule has 4 heteroatoms. The molecule has 1 aromatic heterocycles. The standard InChI is InChI=1S/C20H19N3O/c1-12-7-5-9-14-16(12)18(24)20(3,4)22-19(14)23-11-21-17-13(2)8-6-10-15(17)23/h5-11H,1-4H3. The normalized spacial score (nSPS) is 16.2. The Morgan fingerprint density at radius 2 is 1.71 bits per heavy atom. The SMILES string of the molecule is Cc1cccc2c1C(=O)C(C)(C)N=C2n1cnc2c(C)cccc21. The minimum absolute atomic E-state index is 0.0694. The van der Waals surface area contributed by atoms with E-state index in [9.17, 15) is 4.79 Å². The summed E-state index contributed by atoms with van der Waals surface area (Å²) < 4.78 is 1.99. The lowest BCUT2D eigenvalue weighted by Crippen LogP contribution is -2.38. The van der Waals surface area contributed by atoms with Crippen LogP contribution in [-0.2, 0) is 0 Å². The lowest BCUT2D eigenvalue weighted by Gasteiger charge is -2.29. The molecular weight excluding hydrogens is 298 g/mol. The fourth-order valence-corrected chi connectivity index (χ4v) is 3.37. The fourth-order valence-electron chi connectivity index (χ4n) is 3.37. The van der Waals surface area contributed by atoms with E-state index in [2.05, 4.69) is 4.98 Å². The van der Waals surface area contributed by atoms with Gasteiger partial charge in [-0.1, -0.05) is 30.3 Å². The molecule has 0 saturated heterocycles. The van der Waals surface area contributed by atoms with Crippen molar-refractivity contribution in [2.45, 2.75) is 33.2 Å². The second kappa shape index (κ2) is 4.87. The fraction of sp³-hybridized carbons (Fsp3) is 0.250. The van der Waals surface area contributed by atoms with Crippen molar-refractivity contribution < 1.29 is 4.79 Å². The number of Topliss-reactive ketones (excluding diaryl/α,β-unsaturated/α-hetero) is 1. The van der Waals surface area contributed by atoms with E-state index in [4.69, 9.17) is 4.99 Å². The van der Waals surface area contributed by atoms with Gasteiger partial charge in [0.05, 0.1) is 11.0 Å². The van der Waals surface area contributed by atoms with Gasteiger partial charge in [-0.25, -0.2) is 4.98 Å². The van der Waals surface area contributed by atoms with Gasteiger partial charge in [0.25, 0.3) is 0 Å². The van der Waals surface area contributed by atoms with Gasteiger partial charge in [-0.15, -0.1) is 0 Å². The number of nitrogens with zero attached hydrogens (tertiary/aromatic N) is 3. The number of hydrogen-bond donors (Lipinski definition) is 0. The Balaban J connectivity index is 2.06. The largest absolute Gasteiger partial charge is 0.291 e. The lowest BCUT2D eigenvalue weighted by molar-refractivity contribution is 0.0911. The molecule has 0 aliphatic carbocycles. The maximum absolute atomic E-state index is 12.9. The molecule has 4 rings (SSSR count). The summed E-state index contributed by atoms with van der Waals surface area (Å²) in [4.78, 5) is 22.2. The van der Waals surface area contributed by atoms with Gasteiger partial charge in [0.1, 0.15) is 17.7 Å². The minimum Gasteiger partial charge on any atom is -0.291 e. The van der Waals surface area contributed by atoms with Crippen LogP contribution in [0.15, 0.2) is 47.7 Å². The van der Waals surface area contributed by atoms with E-state index >= 15 is 0 Å². The zero-order chi connectivity index (χ0) is 17.1. The molecule has 3 aromatic rings. The van der Waals surface area contributed by atoms with Crippen molar-refractivity contribution in [2.24, 2.45) is 4.99 Å². The van der Waals surface area contributed by atoms with Crippen LogP contribution in [-0.4, -0.2) is 26.7 Å². The van der Waals surface area contributed by atoms with Crippen LogP contribution in [0.1, 0.15) is 40.9 Å². The van der Waals surface area contributed by atoms with Gasteiger partial charge in [0.2, 0.25) is 0 Å². The first-order valence-electron chi connectivity index (χ1n) is 8.08. The summed E-state index contributed by atoms with van der Waals surface area (Å²) >= 11 is 0. The van der Waals surface area contributed by atoms with E-state index in [1.807, 2.05) is 68.7 Å². The molecule has 24 heavy (non-hydrogen) atoms. The zero-order valence-corrected chi connectivity index (χ0v) is 14.3. The van der Waals surface area contributed by atoms with Gasteiger partial charge < -0.3 is 0 Å². The van der Waals surface area contributed by atoms with Crippen LogP contribution in [0.5, 0.6) is 0 Å². The first-order chi connectivity index (χ1) is 11.4. The third-order valence-corrected chi connectivity index (χ3v) is 4.69. The number of imidazole rings is 1. The average molecular weight is 317 g/mol. The van der Waals surface area contributed by atoms with Gasteiger partial charge in [-0.2, -0.15) is 0 Å². The highest BCUT2D eigenvalue weighted by Gasteiger charge is 2.37. The molecule has 0 saturated carbocycles. The summed E-state index contributed by atoms with van der Waals surface area (Å²) in [6, 6.07) is 12.0. The Morgan fingerprint density at radius 1 is 1.00 bits per heavy atom. The number of aromatic nitrogens is 2. The van der Waals surface area contributed by atoms with Crippen molar-refractivity contribution >= 4 is 22.7 Å². The maximum atomic E-state index is 12.9. The van der Waals surface area contributed by atoms with Gasteiger partial charge in [-0.3, -0.25) is 14.4 Å². The quantitative estimate of drug-likeness (QED) is 0.631. The third kappa shape index (κ3) is 1.96. The second-order valence-corrected chi connectivity index (χ2v) is 6.88. The number of rotatable bonds is 0. The molecule has 0 atom stereocenters. The van der Waals surface area contributed by atoms with Gasteiger partial charge in [-0.05, 0) is 44.9 Å². The smallest absolute Gasteiger partial charge is 0.190 e. The molecular formula is C20H19N3O. The summed E-state index contributed by atoms with van der Waals surface area (Å²) in [6.07, 6.45) is 1.80. The molecule has 0 N–H and O–H groups in total. The number of hydrogen-bond acceptors (Lipinski definition) is 3. The first-order valence-corrected chi connectivity index (χ1v) is 8.08. The van der Waals surface area contributed by atoms with Crippen molar-refractivity contribution in [3.05, 3.63) is 65.0 Å². The molecule has 0 bridgehead atoms. The maximum Gasteiger partial charge on any atom is 0.190 e. The van der Waals surface area contributed by atoms with Crippen LogP contribution in [0.4, 0.5) is 0 Å². The Labute approximate surface area is 140 Å². The van der Waals surface area contributed by atoms with Gasteiger partial charge in [0.15, 0.2) is 5.78 Å². The van der Waals surface area contributed by atoms with Crippen LogP contribution in [0, 0.1) is 13.8 Å². The first kappa shape index (κ1) is 14.8. The summed E-state index contributed by atoms with van der Waals surface area (Å²) in [5.74, 6) is 0.853. The van der Waals surface area contributed by atoms with Crippen LogP contribution in [0.25, 0.3) is 11.0 Å². The van der Waals surface area contributed by atoms with Gasteiger partial charge >= 0.3 is 0 Å². The highest BCUT2D eigenvalue weighted by molar-refractivity contribution is 6.19. The van der Waals surface area contributed by atoms with Crippen LogP contribution in [0.2, 0.25) is 0 Å². The monoisotopic (exact) mass is 317 g/mol. The van der Waals surface area contributed by atoms with Crippen LogP contribution >= 0.6 is 0 Å². The lowest BCUT2D eigenvalue weighted by atomic mass is 9.84. The molecule has 0 fully saturated rings. The van der Waals surface area contributed by atoms with E-state index in [1.54, 1.807) is 6.33 Å². The minimum atomic E-state index is -0.783. The van der Waals surface area contributed by atoms with Crippen LogP contribution in [0.3, 0.4) is 0 Å². The topological polar surface area (TPSA) is 47.2 Å². The summed E-state index contributed by atoms with van der Waals surface area (Å²) in [5.41, 5.74) is 4.94. The number of benzene rings is 2. The Morgan fingerprint density at radius 3 is 2.50 bits per heavy atom. The molecule has 120 valence electrons. The molecule has 2 heterocycles. The van der Waals surface area contributed by atoms with E-state index in [1.165, 1.54) is 0 Å². The highest BCUT2D eigenvalue weighted by atomic mass is 16.1. The third-order valence-electron chi connectivity index (χ3n) is 4.69. The Hall–Kier alpha value is -2.75. The average Bonchev–Trinajstić information content (AvgIpc) is 2.96. The summed E-state index contributed by atoms with van der Waals surface area (Å²) in [6.45, 7) is 7.77. The molecule has 0 radical (unpaired) electrons. The Bertz CT molecular complexity index is 1020. The predicted octanol–water partition coefficient (Wildman–Crippen LogP) is 3.92. The van der Waals surface area contributed by atoms with Crippen molar-refractivity contribution in [1.29, 1.82) is 0 Å². The number of aliphatic imine (C=N–C) groups is 1. The molecule has 0 unspecified atom stereocenters. The van der Waals surface area contributed by atoms with Crippen molar-refractivity contribution in [3.63, 3.8) is 0 Å². The molecule has 1 aliphatic heterocycles. The van der Waals surface area contributed by atoms with E-state index < -0.39 is 5.54 Å². The number of aryl methyl sites for hydroxylation is 2. The molecule has 0 spiro atoms. The molecule has 4 nitrogen and oxygen atoms in total. The summed E-state index contributed by atoms with van der Waals surface area (Å²) in [5, 5.41) is 0. The molecule has 2 aromatic carbocycles. The second-order valence-electron chi connectivity index (χ2n) is 6.88. The Kier molecular flexibility index (Phi) is 3.01. The number of ketones is 1. The van der Waals surface area contributed by atoms with Crippen molar-refractivity contribution in [1.82, 2.24) is 9.55 Å².